The Morgan fingerprint density at radius 1 is 1.07 bits per heavy atom. The van der Waals surface area contributed by atoms with Crippen LogP contribution in [0.4, 0.5) is 0 Å². The Morgan fingerprint density at radius 3 is 2.89 bits per heavy atom. The second kappa shape index (κ2) is 5.04. The Hall–Kier alpha value is -3.47. The summed E-state index contributed by atoms with van der Waals surface area (Å²) < 4.78 is 10.2. The molecule has 5 nitrogen and oxygen atoms in total. The summed E-state index contributed by atoms with van der Waals surface area (Å²) >= 11 is 0. The van der Waals surface area contributed by atoms with E-state index in [1.54, 1.807) is 6.26 Å². The molecule has 2 aromatic carbocycles. The van der Waals surface area contributed by atoms with Crippen molar-refractivity contribution in [3.63, 3.8) is 0 Å². The molecule has 5 aromatic rings. The highest BCUT2D eigenvalue weighted by molar-refractivity contribution is 5.90. The Morgan fingerprint density at radius 2 is 1.96 bits per heavy atom. The second-order valence-electron chi connectivity index (χ2n) is 7.12. The van der Waals surface area contributed by atoms with Crippen molar-refractivity contribution < 1.29 is 8.98 Å². The van der Waals surface area contributed by atoms with Crippen LogP contribution in [0.5, 0.6) is 0 Å². The van der Waals surface area contributed by atoms with Crippen LogP contribution in [0, 0.1) is 6.92 Å². The van der Waals surface area contributed by atoms with Gasteiger partial charge in [0.2, 0.25) is 11.1 Å². The van der Waals surface area contributed by atoms with Crippen LogP contribution in [0.15, 0.2) is 59.5 Å². The van der Waals surface area contributed by atoms with Crippen molar-refractivity contribution in [3.8, 4) is 16.9 Å². The van der Waals surface area contributed by atoms with Crippen LogP contribution in [0.2, 0.25) is 0 Å². The third kappa shape index (κ3) is 1.86. The van der Waals surface area contributed by atoms with E-state index in [9.17, 15) is 0 Å². The van der Waals surface area contributed by atoms with Gasteiger partial charge in [-0.25, -0.2) is 9.55 Å². The molecule has 0 saturated heterocycles. The lowest BCUT2D eigenvalue weighted by Crippen LogP contribution is -2.32. The maximum absolute atomic E-state index is 5.82. The molecule has 1 aliphatic rings. The fourth-order valence-electron chi connectivity index (χ4n) is 4.33. The van der Waals surface area contributed by atoms with Gasteiger partial charge in [0.15, 0.2) is 5.69 Å². The maximum atomic E-state index is 5.82. The molecule has 0 amide bonds. The smallest absolute Gasteiger partial charge is 0.287 e. The van der Waals surface area contributed by atoms with Gasteiger partial charge in [-0.1, -0.05) is 18.2 Å². The number of hydrogen-bond donors (Lipinski definition) is 0. The van der Waals surface area contributed by atoms with E-state index < -0.39 is 0 Å². The van der Waals surface area contributed by atoms with E-state index >= 15 is 0 Å². The van der Waals surface area contributed by atoms with Gasteiger partial charge < -0.3 is 4.42 Å². The standard InChI is InChI=1S/C22H17N4O/c1-13-7-8-17-14(11-19-24-15-5-3-4-6-18(15)26(17)19)20(13)21-22-16(9-10-27-22)23-12-25(21)2/h3-10,12H,11H2,1-2H3/q+1. The maximum Gasteiger partial charge on any atom is 0.287 e. The largest absolute Gasteiger partial charge is 0.456 e. The number of benzene rings is 2. The van der Waals surface area contributed by atoms with E-state index in [2.05, 4.69) is 46.8 Å². The summed E-state index contributed by atoms with van der Waals surface area (Å²) in [5.41, 5.74) is 9.90. The molecular formula is C22H17N4O+. The number of hydrogen-bond acceptors (Lipinski definition) is 3. The molecule has 4 heterocycles. The summed E-state index contributed by atoms with van der Waals surface area (Å²) in [5.74, 6) is 1.09. The van der Waals surface area contributed by atoms with Gasteiger partial charge in [0.05, 0.1) is 30.0 Å². The molecular weight excluding hydrogens is 336 g/mol. The number of nitrogens with zero attached hydrogens (tertiary/aromatic N) is 4. The summed E-state index contributed by atoms with van der Waals surface area (Å²) in [4.78, 5) is 9.34. The van der Waals surface area contributed by atoms with E-state index in [0.29, 0.717) is 0 Å². The molecule has 130 valence electrons. The molecule has 0 saturated carbocycles. The molecule has 0 unspecified atom stereocenters. The second-order valence-corrected chi connectivity index (χ2v) is 7.12. The SMILES string of the molecule is Cc1ccc2c(c1-c1c3occc3nc[n+]1C)Cc1nc3ccccc3n1-2. The summed E-state index contributed by atoms with van der Waals surface area (Å²) in [6.07, 6.45) is 4.37. The zero-order valence-corrected chi connectivity index (χ0v) is 15.1. The van der Waals surface area contributed by atoms with Crippen LogP contribution >= 0.6 is 0 Å². The minimum Gasteiger partial charge on any atom is -0.456 e. The van der Waals surface area contributed by atoms with Gasteiger partial charge in [-0.2, -0.15) is 0 Å². The van der Waals surface area contributed by atoms with Crippen LogP contribution in [-0.2, 0) is 13.5 Å². The van der Waals surface area contributed by atoms with E-state index in [1.165, 1.54) is 22.4 Å². The van der Waals surface area contributed by atoms with Crippen molar-refractivity contribution in [1.29, 1.82) is 0 Å². The number of fused-ring (bicyclic) bond motifs is 6. The summed E-state index contributed by atoms with van der Waals surface area (Å²) in [7, 11) is 2.02. The molecule has 0 aliphatic carbocycles. The van der Waals surface area contributed by atoms with Crippen molar-refractivity contribution in [1.82, 2.24) is 14.5 Å². The number of aryl methyl sites for hydroxylation is 2. The van der Waals surface area contributed by atoms with Crippen molar-refractivity contribution in [2.24, 2.45) is 7.05 Å². The molecule has 0 spiro atoms. The topological polar surface area (TPSA) is 47.7 Å². The van der Waals surface area contributed by atoms with Crippen LogP contribution < -0.4 is 4.57 Å². The van der Waals surface area contributed by atoms with Crippen molar-refractivity contribution in [2.75, 3.05) is 0 Å². The van der Waals surface area contributed by atoms with Gasteiger partial charge in [-0.3, -0.25) is 4.57 Å². The molecule has 0 atom stereocenters. The third-order valence-electron chi connectivity index (χ3n) is 5.52. The number of imidazole rings is 1. The van der Waals surface area contributed by atoms with Crippen LogP contribution in [0.1, 0.15) is 17.0 Å². The molecule has 5 heteroatoms. The van der Waals surface area contributed by atoms with Gasteiger partial charge in [0, 0.05) is 18.1 Å². The average molecular weight is 353 g/mol. The molecule has 0 radical (unpaired) electrons. The van der Waals surface area contributed by atoms with Crippen LogP contribution in [-0.4, -0.2) is 14.5 Å². The Bertz CT molecular complexity index is 1380. The molecule has 0 bridgehead atoms. The fraction of sp³-hybridized carbons (Fsp3) is 0.136. The van der Waals surface area contributed by atoms with Crippen molar-refractivity contribution in [2.45, 2.75) is 13.3 Å². The molecule has 0 fully saturated rings. The lowest BCUT2D eigenvalue weighted by molar-refractivity contribution is -0.662. The first-order valence-corrected chi connectivity index (χ1v) is 9.04. The molecule has 27 heavy (non-hydrogen) atoms. The highest BCUT2D eigenvalue weighted by atomic mass is 16.3. The van der Waals surface area contributed by atoms with Gasteiger partial charge in [-0.05, 0) is 41.2 Å². The minimum atomic E-state index is 0.811. The minimum absolute atomic E-state index is 0.811. The van der Waals surface area contributed by atoms with Crippen molar-refractivity contribution in [3.05, 3.63) is 72.0 Å². The summed E-state index contributed by atoms with van der Waals surface area (Å²) in [5, 5.41) is 0. The number of furan rings is 1. The third-order valence-corrected chi connectivity index (χ3v) is 5.52. The van der Waals surface area contributed by atoms with Crippen LogP contribution in [0.25, 0.3) is 39.1 Å². The summed E-state index contributed by atoms with van der Waals surface area (Å²) in [6.45, 7) is 2.16. The van der Waals surface area contributed by atoms with E-state index in [1.807, 2.05) is 30.1 Å². The van der Waals surface area contributed by atoms with Gasteiger partial charge >= 0.3 is 0 Å². The Balaban J connectivity index is 1.71. The lowest BCUT2D eigenvalue weighted by atomic mass is 9.95. The van der Waals surface area contributed by atoms with E-state index in [-0.39, 0.29) is 0 Å². The molecule has 3 aromatic heterocycles. The average Bonchev–Trinajstić information content (AvgIpc) is 3.35. The first-order valence-electron chi connectivity index (χ1n) is 9.04. The first-order chi connectivity index (χ1) is 13.2. The fourth-order valence-corrected chi connectivity index (χ4v) is 4.33. The van der Waals surface area contributed by atoms with Crippen molar-refractivity contribution >= 4 is 22.1 Å². The van der Waals surface area contributed by atoms with Crippen LogP contribution in [0.3, 0.4) is 0 Å². The first kappa shape index (κ1) is 14.7. The Kier molecular flexibility index (Phi) is 2.74. The van der Waals surface area contributed by atoms with E-state index in [0.717, 1.165) is 40.1 Å². The predicted molar refractivity (Wildman–Crippen MR) is 103 cm³/mol. The Labute approximate surface area is 155 Å². The quantitative estimate of drug-likeness (QED) is 0.422. The predicted octanol–water partition coefficient (Wildman–Crippen LogP) is 3.87. The van der Waals surface area contributed by atoms with Gasteiger partial charge in [0.1, 0.15) is 5.82 Å². The highest BCUT2D eigenvalue weighted by Crippen LogP contribution is 2.40. The number of rotatable bonds is 1. The molecule has 6 rings (SSSR count). The van der Waals surface area contributed by atoms with Gasteiger partial charge in [-0.15, -0.1) is 0 Å². The van der Waals surface area contributed by atoms with E-state index in [4.69, 9.17) is 9.40 Å². The lowest BCUT2D eigenvalue weighted by Gasteiger charge is -2.13. The zero-order valence-electron chi connectivity index (χ0n) is 15.1. The van der Waals surface area contributed by atoms with Gasteiger partial charge in [0.25, 0.3) is 6.33 Å². The monoisotopic (exact) mass is 353 g/mol. The molecule has 0 N–H and O–H groups in total. The highest BCUT2D eigenvalue weighted by Gasteiger charge is 2.30. The molecule has 1 aliphatic heterocycles. The number of para-hydroxylation sites is 2. The summed E-state index contributed by atoms with van der Waals surface area (Å²) in [6, 6.07) is 14.6. The zero-order chi connectivity index (χ0) is 18.1. The number of aromatic nitrogens is 4. The normalized spacial score (nSPS) is 12.7.